The van der Waals surface area contributed by atoms with E-state index in [2.05, 4.69) is 29.0 Å². The molecule has 0 aliphatic rings. The van der Waals surface area contributed by atoms with Crippen molar-refractivity contribution >= 4 is 0 Å². The van der Waals surface area contributed by atoms with Gasteiger partial charge in [0.15, 0.2) is 0 Å². The summed E-state index contributed by atoms with van der Waals surface area (Å²) in [5, 5.41) is 0. The minimum atomic E-state index is -0.168. The molecule has 0 aliphatic carbocycles. The SMILES string of the molecule is CCc1ccc(-c2cc(=O)[nH]c(C(C)(C)C)n2)cc1. The molecule has 19 heavy (non-hydrogen) atoms. The number of aryl methyl sites for hydroxylation is 1. The summed E-state index contributed by atoms with van der Waals surface area (Å²) in [6.45, 7) is 8.23. The lowest BCUT2D eigenvalue weighted by Crippen LogP contribution is -2.21. The first kappa shape index (κ1) is 13.5. The number of benzene rings is 1. The Labute approximate surface area is 113 Å². The van der Waals surface area contributed by atoms with Crippen molar-refractivity contribution in [2.45, 2.75) is 39.5 Å². The van der Waals surface area contributed by atoms with Crippen LogP contribution in [0, 0.1) is 0 Å². The molecule has 0 saturated carbocycles. The van der Waals surface area contributed by atoms with Gasteiger partial charge < -0.3 is 4.98 Å². The van der Waals surface area contributed by atoms with E-state index in [1.807, 2.05) is 32.9 Å². The minimum absolute atomic E-state index is 0.102. The molecule has 0 spiro atoms. The van der Waals surface area contributed by atoms with Gasteiger partial charge in [-0.25, -0.2) is 4.98 Å². The largest absolute Gasteiger partial charge is 0.310 e. The zero-order valence-corrected chi connectivity index (χ0v) is 11.9. The van der Waals surface area contributed by atoms with Crippen molar-refractivity contribution < 1.29 is 0 Å². The molecule has 0 saturated heterocycles. The number of rotatable bonds is 2. The Balaban J connectivity index is 2.49. The van der Waals surface area contributed by atoms with Gasteiger partial charge in [-0.3, -0.25) is 4.79 Å². The summed E-state index contributed by atoms with van der Waals surface area (Å²) in [5.74, 6) is 0.717. The van der Waals surface area contributed by atoms with Crippen LogP contribution in [0.3, 0.4) is 0 Å². The van der Waals surface area contributed by atoms with Gasteiger partial charge in [0.05, 0.1) is 5.69 Å². The third-order valence-corrected chi connectivity index (χ3v) is 3.11. The molecule has 1 heterocycles. The number of aromatic nitrogens is 2. The molecule has 0 aliphatic heterocycles. The molecular weight excluding hydrogens is 236 g/mol. The molecule has 0 radical (unpaired) electrons. The van der Waals surface area contributed by atoms with E-state index < -0.39 is 0 Å². The first-order valence-corrected chi connectivity index (χ1v) is 6.61. The maximum absolute atomic E-state index is 11.8. The topological polar surface area (TPSA) is 45.8 Å². The lowest BCUT2D eigenvalue weighted by Gasteiger charge is -2.17. The van der Waals surface area contributed by atoms with Crippen molar-refractivity contribution in [3.63, 3.8) is 0 Å². The van der Waals surface area contributed by atoms with Crippen LogP contribution < -0.4 is 5.56 Å². The fraction of sp³-hybridized carbons (Fsp3) is 0.375. The maximum Gasteiger partial charge on any atom is 0.251 e. The van der Waals surface area contributed by atoms with Crippen LogP contribution in [0.4, 0.5) is 0 Å². The molecule has 0 atom stereocenters. The van der Waals surface area contributed by atoms with Gasteiger partial charge in [0.2, 0.25) is 0 Å². The Kier molecular flexibility index (Phi) is 3.56. The predicted molar refractivity (Wildman–Crippen MR) is 78.4 cm³/mol. The average Bonchev–Trinajstić information content (AvgIpc) is 2.37. The number of aromatic amines is 1. The first-order valence-electron chi connectivity index (χ1n) is 6.61. The van der Waals surface area contributed by atoms with Crippen molar-refractivity contribution in [2.75, 3.05) is 0 Å². The minimum Gasteiger partial charge on any atom is -0.310 e. The Morgan fingerprint density at radius 1 is 1.16 bits per heavy atom. The van der Waals surface area contributed by atoms with Crippen LogP contribution >= 0.6 is 0 Å². The van der Waals surface area contributed by atoms with E-state index in [1.165, 1.54) is 5.56 Å². The highest BCUT2D eigenvalue weighted by Gasteiger charge is 2.17. The highest BCUT2D eigenvalue weighted by atomic mass is 16.1. The number of hydrogen-bond donors (Lipinski definition) is 1. The number of nitrogens with zero attached hydrogens (tertiary/aromatic N) is 1. The van der Waals surface area contributed by atoms with Gasteiger partial charge in [0.25, 0.3) is 5.56 Å². The normalized spacial score (nSPS) is 11.6. The molecule has 3 heteroatoms. The summed E-state index contributed by atoms with van der Waals surface area (Å²) >= 11 is 0. The third kappa shape index (κ3) is 3.11. The second-order valence-electron chi connectivity index (χ2n) is 5.78. The van der Waals surface area contributed by atoms with Gasteiger partial charge in [0.1, 0.15) is 5.82 Å². The molecule has 1 N–H and O–H groups in total. The van der Waals surface area contributed by atoms with Crippen LogP contribution in [0.1, 0.15) is 39.1 Å². The molecule has 3 nitrogen and oxygen atoms in total. The Morgan fingerprint density at radius 3 is 2.32 bits per heavy atom. The van der Waals surface area contributed by atoms with Crippen molar-refractivity contribution in [1.29, 1.82) is 0 Å². The van der Waals surface area contributed by atoms with Crippen LogP contribution in [-0.4, -0.2) is 9.97 Å². The zero-order valence-electron chi connectivity index (χ0n) is 11.9. The summed E-state index contributed by atoms with van der Waals surface area (Å²) in [6.07, 6.45) is 1.01. The highest BCUT2D eigenvalue weighted by Crippen LogP contribution is 2.21. The quantitative estimate of drug-likeness (QED) is 0.896. The molecule has 2 aromatic rings. The maximum atomic E-state index is 11.8. The van der Waals surface area contributed by atoms with Crippen molar-refractivity contribution in [2.24, 2.45) is 0 Å². The standard InChI is InChI=1S/C16H20N2O/c1-5-11-6-8-12(9-7-11)13-10-14(19)18-15(17-13)16(2,3)4/h6-10H,5H2,1-4H3,(H,17,18,19). The molecule has 1 aromatic heterocycles. The van der Waals surface area contributed by atoms with E-state index in [4.69, 9.17) is 0 Å². The molecule has 100 valence electrons. The van der Waals surface area contributed by atoms with Gasteiger partial charge in [-0.05, 0) is 12.0 Å². The molecule has 1 aromatic carbocycles. The summed E-state index contributed by atoms with van der Waals surface area (Å²) in [7, 11) is 0. The molecular formula is C16H20N2O. The van der Waals surface area contributed by atoms with Crippen molar-refractivity contribution in [1.82, 2.24) is 9.97 Å². The van der Waals surface area contributed by atoms with Crippen LogP contribution in [0.25, 0.3) is 11.3 Å². The van der Waals surface area contributed by atoms with Crippen LogP contribution in [0.2, 0.25) is 0 Å². The Hall–Kier alpha value is -1.90. The summed E-state index contributed by atoms with van der Waals surface area (Å²) in [5.41, 5.74) is 2.72. The van der Waals surface area contributed by atoms with E-state index in [9.17, 15) is 4.79 Å². The molecule has 0 unspecified atom stereocenters. The lowest BCUT2D eigenvalue weighted by atomic mass is 9.95. The van der Waals surface area contributed by atoms with Crippen molar-refractivity contribution in [3.05, 3.63) is 52.1 Å². The fourth-order valence-electron chi connectivity index (χ4n) is 1.87. The van der Waals surface area contributed by atoms with E-state index >= 15 is 0 Å². The van der Waals surface area contributed by atoms with E-state index in [-0.39, 0.29) is 11.0 Å². The smallest absolute Gasteiger partial charge is 0.251 e. The van der Waals surface area contributed by atoms with Gasteiger partial charge in [-0.15, -0.1) is 0 Å². The second kappa shape index (κ2) is 5.00. The van der Waals surface area contributed by atoms with E-state index in [0.29, 0.717) is 0 Å². The predicted octanol–water partition coefficient (Wildman–Crippen LogP) is 3.30. The molecule has 0 fully saturated rings. The van der Waals surface area contributed by atoms with Gasteiger partial charge >= 0.3 is 0 Å². The molecule has 2 rings (SSSR count). The van der Waals surface area contributed by atoms with E-state index in [0.717, 1.165) is 23.5 Å². The second-order valence-corrected chi connectivity index (χ2v) is 5.78. The number of nitrogens with one attached hydrogen (secondary N) is 1. The number of H-pyrrole nitrogens is 1. The van der Waals surface area contributed by atoms with Gasteiger partial charge in [-0.2, -0.15) is 0 Å². The van der Waals surface area contributed by atoms with Crippen LogP contribution in [0.15, 0.2) is 35.1 Å². The van der Waals surface area contributed by atoms with Crippen molar-refractivity contribution in [3.8, 4) is 11.3 Å². The zero-order chi connectivity index (χ0) is 14.0. The monoisotopic (exact) mass is 256 g/mol. The summed E-state index contributed by atoms with van der Waals surface area (Å²) in [4.78, 5) is 19.1. The fourth-order valence-corrected chi connectivity index (χ4v) is 1.87. The average molecular weight is 256 g/mol. The summed E-state index contributed by atoms with van der Waals surface area (Å²) < 4.78 is 0. The Morgan fingerprint density at radius 2 is 1.79 bits per heavy atom. The van der Waals surface area contributed by atoms with Crippen LogP contribution in [0.5, 0.6) is 0 Å². The van der Waals surface area contributed by atoms with Gasteiger partial charge in [0, 0.05) is 17.0 Å². The number of hydrogen-bond acceptors (Lipinski definition) is 2. The molecule has 0 amide bonds. The van der Waals surface area contributed by atoms with E-state index in [1.54, 1.807) is 6.07 Å². The Bertz CT molecular complexity index is 618. The van der Waals surface area contributed by atoms with Gasteiger partial charge in [-0.1, -0.05) is 52.0 Å². The third-order valence-electron chi connectivity index (χ3n) is 3.11. The first-order chi connectivity index (χ1) is 8.90. The highest BCUT2D eigenvalue weighted by molar-refractivity contribution is 5.59. The summed E-state index contributed by atoms with van der Waals surface area (Å²) in [6, 6.07) is 9.75. The van der Waals surface area contributed by atoms with Crippen LogP contribution in [-0.2, 0) is 11.8 Å². The molecule has 0 bridgehead atoms. The lowest BCUT2D eigenvalue weighted by molar-refractivity contribution is 0.543.